The van der Waals surface area contributed by atoms with Gasteiger partial charge in [0.15, 0.2) is 9.84 Å². The maximum absolute atomic E-state index is 12.3. The summed E-state index contributed by atoms with van der Waals surface area (Å²) >= 11 is 0. The zero-order valence-electron chi connectivity index (χ0n) is 14.1. The lowest BCUT2D eigenvalue weighted by atomic mass is 10.1. The Hall–Kier alpha value is -2.67. The second kappa shape index (κ2) is 7.94. The van der Waals surface area contributed by atoms with Crippen LogP contribution in [0.3, 0.4) is 0 Å². The highest BCUT2D eigenvalue weighted by atomic mass is 32.2. The molecule has 0 aliphatic rings. The fraction of sp³-hybridized carbons (Fsp3) is 0.222. The van der Waals surface area contributed by atoms with Gasteiger partial charge in [0.2, 0.25) is 0 Å². The number of amides is 2. The Bertz CT molecular complexity index is 874. The third kappa shape index (κ3) is 5.72. The van der Waals surface area contributed by atoms with E-state index in [0.29, 0.717) is 28.9 Å². The molecule has 0 bridgehead atoms. The minimum atomic E-state index is -3.11. The topological polar surface area (TPSA) is 92.3 Å². The summed E-state index contributed by atoms with van der Waals surface area (Å²) in [5, 5.41) is 5.42. The van der Waals surface area contributed by atoms with Crippen LogP contribution in [-0.4, -0.2) is 33.0 Å². The predicted octanol–water partition coefficient (Wildman–Crippen LogP) is 2.23. The monoisotopic (exact) mass is 360 g/mol. The van der Waals surface area contributed by atoms with Crippen molar-refractivity contribution in [2.45, 2.75) is 12.7 Å². The molecule has 6 nitrogen and oxygen atoms in total. The molecule has 0 spiro atoms. The van der Waals surface area contributed by atoms with Gasteiger partial charge in [-0.15, -0.1) is 0 Å². The van der Waals surface area contributed by atoms with Crippen LogP contribution in [0, 0.1) is 0 Å². The Kier molecular flexibility index (Phi) is 5.93. The summed E-state index contributed by atoms with van der Waals surface area (Å²) in [5.74, 6) is -0.605. The number of carbonyl (C=O) groups is 2. The number of carbonyl (C=O) groups excluding carboxylic acids is 2. The van der Waals surface area contributed by atoms with E-state index in [-0.39, 0.29) is 17.6 Å². The minimum absolute atomic E-state index is 0.0660. The Labute approximate surface area is 147 Å². The summed E-state index contributed by atoms with van der Waals surface area (Å²) in [4.78, 5) is 24.1. The van der Waals surface area contributed by atoms with Gasteiger partial charge in [-0.3, -0.25) is 9.59 Å². The molecule has 0 atom stereocenters. The number of nitrogens with one attached hydrogen (secondary N) is 2. The van der Waals surface area contributed by atoms with Crippen LogP contribution in [-0.2, 0) is 15.6 Å². The maximum atomic E-state index is 12.3. The molecule has 2 rings (SSSR count). The van der Waals surface area contributed by atoms with E-state index < -0.39 is 9.84 Å². The molecule has 2 amide bonds. The number of hydrogen-bond acceptors (Lipinski definition) is 4. The summed E-state index contributed by atoms with van der Waals surface area (Å²) in [6, 6.07) is 13.0. The molecule has 7 heteroatoms. The van der Waals surface area contributed by atoms with Crippen molar-refractivity contribution in [1.82, 2.24) is 5.32 Å². The molecule has 0 aliphatic carbocycles. The van der Waals surface area contributed by atoms with E-state index in [1.807, 2.05) is 6.92 Å². The number of rotatable bonds is 6. The molecule has 0 aromatic heterocycles. The first-order chi connectivity index (χ1) is 11.8. The van der Waals surface area contributed by atoms with Gasteiger partial charge in [0.05, 0.1) is 5.75 Å². The van der Waals surface area contributed by atoms with Crippen LogP contribution in [0.5, 0.6) is 0 Å². The molecule has 0 aliphatic heterocycles. The maximum Gasteiger partial charge on any atom is 0.255 e. The smallest absolute Gasteiger partial charge is 0.255 e. The third-order valence-electron chi connectivity index (χ3n) is 3.36. The number of anilines is 1. The van der Waals surface area contributed by atoms with Crippen LogP contribution in [0.4, 0.5) is 5.69 Å². The highest BCUT2D eigenvalue weighted by molar-refractivity contribution is 7.89. The van der Waals surface area contributed by atoms with Crippen molar-refractivity contribution in [1.29, 1.82) is 0 Å². The van der Waals surface area contributed by atoms with Crippen molar-refractivity contribution in [2.75, 3.05) is 18.1 Å². The largest absolute Gasteiger partial charge is 0.352 e. The van der Waals surface area contributed by atoms with Crippen molar-refractivity contribution in [3.63, 3.8) is 0 Å². The highest BCUT2D eigenvalue weighted by Gasteiger charge is 2.10. The van der Waals surface area contributed by atoms with Gasteiger partial charge >= 0.3 is 0 Å². The van der Waals surface area contributed by atoms with Gasteiger partial charge in [-0.1, -0.05) is 18.2 Å². The highest BCUT2D eigenvalue weighted by Crippen LogP contribution is 2.14. The van der Waals surface area contributed by atoms with Crippen molar-refractivity contribution >= 4 is 27.3 Å². The minimum Gasteiger partial charge on any atom is -0.352 e. The molecule has 0 radical (unpaired) electrons. The Morgan fingerprint density at radius 1 is 0.960 bits per heavy atom. The van der Waals surface area contributed by atoms with Gasteiger partial charge in [0, 0.05) is 29.6 Å². The van der Waals surface area contributed by atoms with Crippen LogP contribution >= 0.6 is 0 Å². The quantitative estimate of drug-likeness (QED) is 0.826. The average molecular weight is 360 g/mol. The lowest BCUT2D eigenvalue weighted by Crippen LogP contribution is -2.22. The van der Waals surface area contributed by atoms with Crippen LogP contribution < -0.4 is 10.6 Å². The van der Waals surface area contributed by atoms with Crippen LogP contribution in [0.2, 0.25) is 0 Å². The molecular formula is C18H20N2O4S. The first-order valence-corrected chi connectivity index (χ1v) is 9.81. The molecule has 132 valence electrons. The van der Waals surface area contributed by atoms with E-state index in [9.17, 15) is 18.0 Å². The fourth-order valence-corrected chi connectivity index (χ4v) is 3.06. The van der Waals surface area contributed by atoms with E-state index in [2.05, 4.69) is 10.6 Å². The normalized spacial score (nSPS) is 11.0. The van der Waals surface area contributed by atoms with Gasteiger partial charge < -0.3 is 10.6 Å². The van der Waals surface area contributed by atoms with E-state index in [1.54, 1.807) is 48.5 Å². The Balaban J connectivity index is 2.09. The molecule has 2 aromatic carbocycles. The van der Waals surface area contributed by atoms with Gasteiger partial charge in [0.25, 0.3) is 11.8 Å². The summed E-state index contributed by atoms with van der Waals surface area (Å²) in [7, 11) is -3.11. The molecule has 2 N–H and O–H groups in total. The summed E-state index contributed by atoms with van der Waals surface area (Å²) in [5.41, 5.74) is 2.00. The number of sulfone groups is 1. The standard InChI is InChI=1S/C18H20N2O4S/c1-3-19-17(21)15-5-4-6-16(11-15)20-18(22)14-9-7-13(8-10-14)12-25(2,23)24/h4-11H,3,12H2,1-2H3,(H,19,21)(H,20,22). The van der Waals surface area contributed by atoms with Crippen molar-refractivity contribution in [2.24, 2.45) is 0 Å². The molecular weight excluding hydrogens is 340 g/mol. The van der Waals surface area contributed by atoms with Crippen molar-refractivity contribution in [3.05, 3.63) is 65.2 Å². The molecule has 0 saturated heterocycles. The van der Waals surface area contributed by atoms with Crippen molar-refractivity contribution < 1.29 is 18.0 Å². The van der Waals surface area contributed by atoms with Crippen molar-refractivity contribution in [3.8, 4) is 0 Å². The Morgan fingerprint density at radius 2 is 1.64 bits per heavy atom. The van der Waals surface area contributed by atoms with Gasteiger partial charge in [-0.25, -0.2) is 8.42 Å². The predicted molar refractivity (Wildman–Crippen MR) is 97.4 cm³/mol. The second-order valence-corrected chi connectivity index (χ2v) is 7.80. The SMILES string of the molecule is CCNC(=O)c1cccc(NC(=O)c2ccc(CS(C)(=O)=O)cc2)c1. The van der Waals surface area contributed by atoms with E-state index in [4.69, 9.17) is 0 Å². The van der Waals surface area contributed by atoms with Gasteiger partial charge in [-0.05, 0) is 42.8 Å². The average Bonchev–Trinajstić information content (AvgIpc) is 2.54. The van der Waals surface area contributed by atoms with E-state index >= 15 is 0 Å². The van der Waals surface area contributed by atoms with Gasteiger partial charge in [-0.2, -0.15) is 0 Å². The van der Waals surface area contributed by atoms with Gasteiger partial charge in [0.1, 0.15) is 0 Å². The van der Waals surface area contributed by atoms with Crippen LogP contribution in [0.1, 0.15) is 33.2 Å². The molecule has 0 saturated carbocycles. The lowest BCUT2D eigenvalue weighted by Gasteiger charge is -2.08. The van der Waals surface area contributed by atoms with Crippen LogP contribution in [0.25, 0.3) is 0 Å². The molecule has 0 unspecified atom stereocenters. The Morgan fingerprint density at radius 3 is 2.24 bits per heavy atom. The first kappa shape index (κ1) is 18.7. The summed E-state index contributed by atoms with van der Waals surface area (Å²) in [6.45, 7) is 2.35. The second-order valence-electron chi connectivity index (χ2n) is 5.66. The zero-order chi connectivity index (χ0) is 18.4. The lowest BCUT2D eigenvalue weighted by molar-refractivity contribution is 0.0954. The third-order valence-corrected chi connectivity index (χ3v) is 4.22. The van der Waals surface area contributed by atoms with E-state index in [1.165, 1.54) is 0 Å². The zero-order valence-corrected chi connectivity index (χ0v) is 14.9. The first-order valence-electron chi connectivity index (χ1n) is 7.75. The fourth-order valence-electron chi connectivity index (χ4n) is 2.26. The number of benzene rings is 2. The van der Waals surface area contributed by atoms with Crippen LogP contribution in [0.15, 0.2) is 48.5 Å². The molecule has 0 fully saturated rings. The molecule has 2 aromatic rings. The van der Waals surface area contributed by atoms with E-state index in [0.717, 1.165) is 6.26 Å². The summed E-state index contributed by atoms with van der Waals surface area (Å²) < 4.78 is 22.6. The molecule has 0 heterocycles. The molecule has 25 heavy (non-hydrogen) atoms. The summed E-state index contributed by atoms with van der Waals surface area (Å²) in [6.07, 6.45) is 1.16. The number of hydrogen-bond donors (Lipinski definition) is 2.